The molecular weight excluding hydrogens is 427 g/mol. The zero-order valence-corrected chi connectivity index (χ0v) is 16.9. The van der Waals surface area contributed by atoms with Gasteiger partial charge in [0.15, 0.2) is 18.2 Å². The van der Waals surface area contributed by atoms with Gasteiger partial charge < -0.3 is 20.5 Å². The number of halogens is 3. The van der Waals surface area contributed by atoms with Gasteiger partial charge in [0.05, 0.1) is 12.4 Å². The summed E-state index contributed by atoms with van der Waals surface area (Å²) in [6.07, 6.45) is 2.38. The van der Waals surface area contributed by atoms with Crippen molar-refractivity contribution in [1.82, 2.24) is 9.97 Å². The lowest BCUT2D eigenvalue weighted by molar-refractivity contribution is 0.102. The molecule has 1 aromatic carbocycles. The van der Waals surface area contributed by atoms with Crippen LogP contribution in [0.3, 0.4) is 0 Å². The normalized spacial score (nSPS) is 23.1. The Balaban J connectivity index is 1.59. The summed E-state index contributed by atoms with van der Waals surface area (Å²) in [4.78, 5) is 24.4. The Morgan fingerprint density at radius 3 is 2.88 bits per heavy atom. The number of aliphatic imine (C=N–C) groups is 1. The highest BCUT2D eigenvalue weighted by atomic mass is 19.2. The molecule has 3 atom stereocenters. The molecule has 166 valence electrons. The summed E-state index contributed by atoms with van der Waals surface area (Å²) in [6, 6.07) is 1.63. The standard InChI is InChI=1S/C21H18F3N5O3/c1-2-3-4-31-17-9-26-15(8-27-17)19(30)28-11-5-13(18(24)14(23)6-11)21(10-22)12-7-16(12)32-20(25)29-21/h5-6,8-9,12,16H,4,7,10H2,1H3,(H2,25,29)(H,28,30)/t12-,16+,21+/m1/s1. The molecule has 2 heterocycles. The van der Waals surface area contributed by atoms with Gasteiger partial charge in [0.2, 0.25) is 5.88 Å². The number of carbonyl (C=O) groups excluding carboxylic acids is 1. The lowest BCUT2D eigenvalue weighted by Gasteiger charge is -2.31. The summed E-state index contributed by atoms with van der Waals surface area (Å²) in [5.41, 5.74) is 3.35. The maximum atomic E-state index is 14.7. The van der Waals surface area contributed by atoms with Gasteiger partial charge in [-0.25, -0.2) is 28.1 Å². The molecule has 11 heteroatoms. The Bertz CT molecular complexity index is 1150. The Hall–Kier alpha value is -3.81. The summed E-state index contributed by atoms with van der Waals surface area (Å²) in [6.45, 7) is 0.666. The second-order valence-corrected chi connectivity index (χ2v) is 7.24. The number of benzene rings is 1. The molecule has 8 nitrogen and oxygen atoms in total. The van der Waals surface area contributed by atoms with Crippen LogP contribution in [0.5, 0.6) is 5.88 Å². The highest BCUT2D eigenvalue weighted by molar-refractivity contribution is 6.02. The molecule has 2 aromatic rings. The van der Waals surface area contributed by atoms with E-state index in [2.05, 4.69) is 32.1 Å². The second-order valence-electron chi connectivity index (χ2n) is 7.24. The van der Waals surface area contributed by atoms with E-state index in [1.807, 2.05) is 0 Å². The molecule has 1 fully saturated rings. The number of nitrogens with zero attached hydrogens (tertiary/aromatic N) is 3. The third kappa shape index (κ3) is 3.91. The van der Waals surface area contributed by atoms with E-state index in [1.54, 1.807) is 6.92 Å². The maximum Gasteiger partial charge on any atom is 0.283 e. The number of alkyl halides is 1. The highest BCUT2D eigenvalue weighted by Gasteiger charge is 2.60. The van der Waals surface area contributed by atoms with Crippen molar-refractivity contribution in [2.45, 2.75) is 25.0 Å². The minimum absolute atomic E-state index is 0.0963. The van der Waals surface area contributed by atoms with Crippen LogP contribution in [-0.2, 0) is 10.3 Å². The van der Waals surface area contributed by atoms with E-state index in [1.165, 1.54) is 6.20 Å². The lowest BCUT2D eigenvalue weighted by Crippen LogP contribution is -2.40. The number of anilines is 1. The Labute approximate surface area is 181 Å². The van der Waals surface area contributed by atoms with E-state index in [0.29, 0.717) is 6.42 Å². The lowest BCUT2D eigenvalue weighted by atomic mass is 9.85. The third-order valence-electron chi connectivity index (χ3n) is 5.21. The SMILES string of the molecule is CC#CCOc1cnc(C(=O)Nc2cc(F)c(F)c([C@@]3(CF)N=C(N)O[C@H]4C[C@H]43)c2)cn1. The van der Waals surface area contributed by atoms with E-state index < -0.39 is 41.8 Å². The first-order valence-corrected chi connectivity index (χ1v) is 9.61. The average molecular weight is 445 g/mol. The Kier molecular flexibility index (Phi) is 5.61. The molecule has 3 N–H and O–H groups in total. The van der Waals surface area contributed by atoms with Crippen LogP contribution < -0.4 is 15.8 Å². The third-order valence-corrected chi connectivity index (χ3v) is 5.21. The first kappa shape index (κ1) is 21.4. The van der Waals surface area contributed by atoms with E-state index >= 15 is 0 Å². The van der Waals surface area contributed by atoms with Crippen LogP contribution in [0.4, 0.5) is 18.9 Å². The summed E-state index contributed by atoms with van der Waals surface area (Å²) in [5.74, 6) is 1.75. The molecular formula is C21H18F3N5O3. The van der Waals surface area contributed by atoms with Crippen LogP contribution in [0, 0.1) is 29.4 Å². The quantitative estimate of drug-likeness (QED) is 0.660. The number of nitrogens with two attached hydrogens (primary N) is 1. The van der Waals surface area contributed by atoms with Gasteiger partial charge in [-0.15, -0.1) is 5.92 Å². The van der Waals surface area contributed by atoms with Gasteiger partial charge in [0, 0.05) is 23.2 Å². The fourth-order valence-electron chi connectivity index (χ4n) is 3.59. The second kappa shape index (κ2) is 8.37. The van der Waals surface area contributed by atoms with Crippen molar-refractivity contribution in [2.75, 3.05) is 18.6 Å². The molecule has 1 saturated carbocycles. The van der Waals surface area contributed by atoms with E-state index in [-0.39, 0.29) is 35.5 Å². The fraction of sp³-hybridized carbons (Fsp3) is 0.333. The molecule has 1 aliphatic heterocycles. The zero-order chi connectivity index (χ0) is 22.9. The van der Waals surface area contributed by atoms with Crippen LogP contribution in [0.2, 0.25) is 0 Å². The van der Waals surface area contributed by atoms with Gasteiger partial charge in [-0.05, 0) is 19.4 Å². The highest BCUT2D eigenvalue weighted by Crippen LogP contribution is 2.54. The number of amidine groups is 1. The predicted molar refractivity (Wildman–Crippen MR) is 108 cm³/mol. The van der Waals surface area contributed by atoms with Crippen LogP contribution in [-0.4, -0.2) is 41.3 Å². The molecule has 0 bridgehead atoms. The van der Waals surface area contributed by atoms with Crippen molar-refractivity contribution in [1.29, 1.82) is 0 Å². The van der Waals surface area contributed by atoms with Crippen molar-refractivity contribution >= 4 is 17.6 Å². The van der Waals surface area contributed by atoms with Gasteiger partial charge >= 0.3 is 0 Å². The Morgan fingerprint density at radius 1 is 1.38 bits per heavy atom. The number of hydrogen-bond donors (Lipinski definition) is 2. The molecule has 4 rings (SSSR count). The smallest absolute Gasteiger partial charge is 0.283 e. The number of rotatable bonds is 6. The van der Waals surface area contributed by atoms with Gasteiger partial charge in [0.1, 0.15) is 24.0 Å². The molecule has 32 heavy (non-hydrogen) atoms. The summed E-state index contributed by atoms with van der Waals surface area (Å²) >= 11 is 0. The number of hydrogen-bond acceptors (Lipinski definition) is 7. The number of amides is 1. The molecule has 2 aliphatic rings. The number of aromatic nitrogens is 2. The monoisotopic (exact) mass is 445 g/mol. The van der Waals surface area contributed by atoms with Crippen LogP contribution in [0.15, 0.2) is 29.5 Å². The summed E-state index contributed by atoms with van der Waals surface area (Å²) in [5, 5.41) is 2.41. The number of ether oxygens (including phenoxy) is 2. The van der Waals surface area contributed by atoms with Crippen LogP contribution >= 0.6 is 0 Å². The van der Waals surface area contributed by atoms with E-state index in [4.69, 9.17) is 15.2 Å². The van der Waals surface area contributed by atoms with Crippen molar-refractivity contribution in [3.8, 4) is 17.7 Å². The predicted octanol–water partition coefficient (Wildman–Crippen LogP) is 2.31. The van der Waals surface area contributed by atoms with E-state index in [9.17, 15) is 18.0 Å². The molecule has 1 amide bonds. The summed E-state index contributed by atoms with van der Waals surface area (Å²) < 4.78 is 53.7. The first-order chi connectivity index (χ1) is 15.4. The minimum Gasteiger partial charge on any atom is -0.463 e. The zero-order valence-electron chi connectivity index (χ0n) is 16.9. The maximum absolute atomic E-state index is 14.7. The average Bonchev–Trinajstić information content (AvgIpc) is 3.56. The van der Waals surface area contributed by atoms with Crippen molar-refractivity contribution in [3.05, 3.63) is 47.4 Å². The molecule has 0 unspecified atom stereocenters. The number of carbonyl (C=O) groups is 1. The molecule has 0 radical (unpaired) electrons. The molecule has 1 aromatic heterocycles. The van der Waals surface area contributed by atoms with Crippen LogP contribution in [0.25, 0.3) is 0 Å². The van der Waals surface area contributed by atoms with Gasteiger partial charge in [0.25, 0.3) is 11.9 Å². The topological polar surface area (TPSA) is 112 Å². The fourth-order valence-corrected chi connectivity index (χ4v) is 3.59. The largest absolute Gasteiger partial charge is 0.463 e. The molecule has 1 aliphatic carbocycles. The Morgan fingerprint density at radius 2 is 2.19 bits per heavy atom. The number of fused-ring (bicyclic) bond motifs is 1. The summed E-state index contributed by atoms with van der Waals surface area (Å²) in [7, 11) is 0. The van der Waals surface area contributed by atoms with Gasteiger partial charge in [-0.2, -0.15) is 0 Å². The van der Waals surface area contributed by atoms with Crippen LogP contribution in [0.1, 0.15) is 29.4 Å². The van der Waals surface area contributed by atoms with Crippen molar-refractivity contribution in [2.24, 2.45) is 16.6 Å². The minimum atomic E-state index is -1.72. The molecule has 0 saturated heterocycles. The number of nitrogens with one attached hydrogen (secondary N) is 1. The van der Waals surface area contributed by atoms with Gasteiger partial charge in [-0.1, -0.05) is 5.92 Å². The van der Waals surface area contributed by atoms with E-state index in [0.717, 1.165) is 18.3 Å². The van der Waals surface area contributed by atoms with Crippen molar-refractivity contribution < 1.29 is 27.4 Å². The van der Waals surface area contributed by atoms with Gasteiger partial charge in [-0.3, -0.25) is 4.79 Å². The first-order valence-electron chi connectivity index (χ1n) is 9.61. The van der Waals surface area contributed by atoms with Crippen molar-refractivity contribution in [3.63, 3.8) is 0 Å². The molecule has 0 spiro atoms.